The van der Waals surface area contributed by atoms with Crippen molar-refractivity contribution >= 4 is 11.8 Å². The van der Waals surface area contributed by atoms with Crippen LogP contribution in [0, 0.1) is 11.8 Å². The van der Waals surface area contributed by atoms with Gasteiger partial charge in [-0.05, 0) is 19.3 Å². The van der Waals surface area contributed by atoms with Crippen molar-refractivity contribution in [2.75, 3.05) is 32.7 Å². The molecule has 0 aromatic carbocycles. The van der Waals surface area contributed by atoms with Crippen molar-refractivity contribution in [1.82, 2.24) is 9.80 Å². The Morgan fingerprint density at radius 3 is 2.35 bits per heavy atom. The van der Waals surface area contributed by atoms with Crippen LogP contribution >= 0.6 is 0 Å². The van der Waals surface area contributed by atoms with E-state index in [2.05, 4.69) is 0 Å². The molecule has 5 nitrogen and oxygen atoms in total. The summed E-state index contributed by atoms with van der Waals surface area (Å²) >= 11 is 0. The quantitative estimate of drug-likeness (QED) is 0.847. The van der Waals surface area contributed by atoms with E-state index in [-0.39, 0.29) is 18.9 Å². The fraction of sp³-hybridized carbons (Fsp3) is 0.867. The highest BCUT2D eigenvalue weighted by atomic mass is 19.4. The van der Waals surface area contributed by atoms with Crippen LogP contribution in [0.25, 0.3) is 0 Å². The van der Waals surface area contributed by atoms with E-state index < -0.39 is 23.9 Å². The summed E-state index contributed by atoms with van der Waals surface area (Å²) in [4.78, 5) is 27.0. The van der Waals surface area contributed by atoms with Gasteiger partial charge < -0.3 is 10.6 Å². The Labute approximate surface area is 134 Å². The third-order valence-corrected chi connectivity index (χ3v) is 4.78. The molecule has 1 aliphatic heterocycles. The molecule has 1 saturated heterocycles. The van der Waals surface area contributed by atoms with Gasteiger partial charge in [-0.3, -0.25) is 14.5 Å². The number of carbonyl (C=O) groups is 2. The van der Waals surface area contributed by atoms with Gasteiger partial charge in [-0.2, -0.15) is 13.2 Å². The fourth-order valence-electron chi connectivity index (χ4n) is 3.62. The number of halogens is 3. The molecule has 1 heterocycles. The Morgan fingerprint density at radius 2 is 1.70 bits per heavy atom. The predicted octanol–water partition coefficient (Wildman–Crippen LogP) is 1.37. The van der Waals surface area contributed by atoms with Gasteiger partial charge in [-0.25, -0.2) is 0 Å². The van der Waals surface area contributed by atoms with Gasteiger partial charge in [0.15, 0.2) is 0 Å². The third kappa shape index (κ3) is 4.83. The third-order valence-electron chi connectivity index (χ3n) is 4.78. The van der Waals surface area contributed by atoms with Crippen LogP contribution in [0.3, 0.4) is 0 Å². The molecule has 8 heteroatoms. The second-order valence-corrected chi connectivity index (χ2v) is 6.46. The average Bonchev–Trinajstić information content (AvgIpc) is 2.70. The zero-order valence-corrected chi connectivity index (χ0v) is 13.1. The highest BCUT2D eigenvalue weighted by Gasteiger charge is 2.48. The molecule has 2 amide bonds. The van der Waals surface area contributed by atoms with Crippen LogP contribution in [-0.2, 0) is 9.59 Å². The molecule has 23 heavy (non-hydrogen) atoms. The van der Waals surface area contributed by atoms with E-state index in [1.807, 2.05) is 4.90 Å². The lowest BCUT2D eigenvalue weighted by Crippen LogP contribution is -2.46. The van der Waals surface area contributed by atoms with Crippen LogP contribution in [0.2, 0.25) is 0 Å². The summed E-state index contributed by atoms with van der Waals surface area (Å²) in [7, 11) is 0. The second-order valence-electron chi connectivity index (χ2n) is 6.46. The number of primary amides is 1. The molecule has 0 spiro atoms. The number of alkyl halides is 3. The topological polar surface area (TPSA) is 66.6 Å². The number of nitrogens with two attached hydrogens (primary N) is 1. The molecule has 1 aliphatic carbocycles. The van der Waals surface area contributed by atoms with Crippen LogP contribution in [-0.4, -0.2) is 60.5 Å². The molecular formula is C15H24F3N3O2. The summed E-state index contributed by atoms with van der Waals surface area (Å²) in [5.74, 6) is -3.29. The number of carbonyl (C=O) groups excluding carboxylic acids is 2. The molecule has 132 valence electrons. The molecule has 0 radical (unpaired) electrons. The molecule has 0 bridgehead atoms. The number of nitrogens with zero attached hydrogens (tertiary/aromatic N) is 2. The minimum Gasteiger partial charge on any atom is -0.369 e. The van der Waals surface area contributed by atoms with Gasteiger partial charge in [0.05, 0.1) is 12.5 Å². The summed E-state index contributed by atoms with van der Waals surface area (Å²) in [6.45, 7) is 2.01. The summed E-state index contributed by atoms with van der Waals surface area (Å²) in [6, 6.07) is 0. The van der Waals surface area contributed by atoms with Crippen molar-refractivity contribution < 1.29 is 22.8 Å². The summed E-state index contributed by atoms with van der Waals surface area (Å²) in [6.07, 6.45) is -2.12. The van der Waals surface area contributed by atoms with Crippen molar-refractivity contribution in [3.63, 3.8) is 0 Å². The molecule has 2 fully saturated rings. The van der Waals surface area contributed by atoms with E-state index in [0.717, 1.165) is 0 Å². The molecule has 0 aromatic heterocycles. The van der Waals surface area contributed by atoms with E-state index in [9.17, 15) is 22.8 Å². The highest BCUT2D eigenvalue weighted by Crippen LogP contribution is 2.42. The van der Waals surface area contributed by atoms with Crippen molar-refractivity contribution in [1.29, 1.82) is 0 Å². The molecule has 2 aliphatic rings. The van der Waals surface area contributed by atoms with E-state index in [1.165, 1.54) is 4.90 Å². The molecule has 2 atom stereocenters. The Bertz CT molecular complexity index is 442. The first-order chi connectivity index (χ1) is 10.8. The Morgan fingerprint density at radius 1 is 1.00 bits per heavy atom. The van der Waals surface area contributed by atoms with Gasteiger partial charge >= 0.3 is 6.18 Å². The van der Waals surface area contributed by atoms with Crippen LogP contribution < -0.4 is 5.73 Å². The van der Waals surface area contributed by atoms with E-state index in [4.69, 9.17) is 5.73 Å². The minimum atomic E-state index is -4.31. The zero-order chi connectivity index (χ0) is 17.0. The number of hydrogen-bond donors (Lipinski definition) is 1. The minimum absolute atomic E-state index is 0.0432. The maximum absolute atomic E-state index is 13.2. The Hall–Kier alpha value is -1.31. The van der Waals surface area contributed by atoms with E-state index >= 15 is 0 Å². The maximum atomic E-state index is 13.2. The highest BCUT2D eigenvalue weighted by molar-refractivity contribution is 5.79. The molecule has 0 unspecified atom stereocenters. The predicted molar refractivity (Wildman–Crippen MR) is 78.3 cm³/mol. The first kappa shape index (κ1) is 18.0. The van der Waals surface area contributed by atoms with Gasteiger partial charge in [0.2, 0.25) is 11.8 Å². The zero-order valence-electron chi connectivity index (χ0n) is 13.1. The monoisotopic (exact) mass is 335 g/mol. The van der Waals surface area contributed by atoms with Crippen LogP contribution in [0.1, 0.15) is 32.1 Å². The molecule has 2 N–H and O–H groups in total. The SMILES string of the molecule is NC(=O)CN1CCCN(C(=O)[C@H]2CCCC[C@@H]2C(F)(F)F)CC1. The maximum Gasteiger partial charge on any atom is 0.392 e. The number of rotatable bonds is 3. The lowest BCUT2D eigenvalue weighted by molar-refractivity contribution is -0.200. The number of hydrogen-bond acceptors (Lipinski definition) is 3. The van der Waals surface area contributed by atoms with Crippen molar-refractivity contribution in [2.24, 2.45) is 17.6 Å². The second kappa shape index (κ2) is 7.51. The molecule has 2 rings (SSSR count). The van der Waals surface area contributed by atoms with Gasteiger partial charge in [0.1, 0.15) is 0 Å². The smallest absolute Gasteiger partial charge is 0.369 e. The first-order valence-electron chi connectivity index (χ1n) is 8.15. The van der Waals surface area contributed by atoms with E-state index in [0.29, 0.717) is 51.9 Å². The van der Waals surface area contributed by atoms with Crippen molar-refractivity contribution in [3.8, 4) is 0 Å². The fourth-order valence-corrected chi connectivity index (χ4v) is 3.62. The standard InChI is InChI=1S/C15H24F3N3O2/c16-15(17,18)12-5-2-1-4-11(12)14(23)21-7-3-6-20(8-9-21)10-13(19)22/h11-12H,1-10H2,(H2,19,22)/t11-,12-/m0/s1. The Kier molecular flexibility index (Phi) is 5.89. The van der Waals surface area contributed by atoms with Crippen molar-refractivity contribution in [2.45, 2.75) is 38.3 Å². The summed E-state index contributed by atoms with van der Waals surface area (Å²) in [5.41, 5.74) is 5.17. The van der Waals surface area contributed by atoms with Crippen LogP contribution in [0.15, 0.2) is 0 Å². The molecule has 1 saturated carbocycles. The molecular weight excluding hydrogens is 311 g/mol. The largest absolute Gasteiger partial charge is 0.392 e. The average molecular weight is 335 g/mol. The Balaban J connectivity index is 1.99. The van der Waals surface area contributed by atoms with Gasteiger partial charge in [-0.1, -0.05) is 12.8 Å². The number of amides is 2. The van der Waals surface area contributed by atoms with Gasteiger partial charge in [0, 0.05) is 32.1 Å². The van der Waals surface area contributed by atoms with Crippen molar-refractivity contribution in [3.05, 3.63) is 0 Å². The van der Waals surface area contributed by atoms with Crippen LogP contribution in [0.5, 0.6) is 0 Å². The summed E-state index contributed by atoms with van der Waals surface area (Å²) < 4.78 is 39.5. The first-order valence-corrected chi connectivity index (χ1v) is 8.15. The van der Waals surface area contributed by atoms with E-state index in [1.54, 1.807) is 0 Å². The summed E-state index contributed by atoms with van der Waals surface area (Å²) in [5, 5.41) is 0. The lowest BCUT2D eigenvalue weighted by atomic mass is 9.78. The van der Waals surface area contributed by atoms with Gasteiger partial charge in [-0.15, -0.1) is 0 Å². The molecule has 0 aromatic rings. The van der Waals surface area contributed by atoms with Crippen LogP contribution in [0.4, 0.5) is 13.2 Å². The van der Waals surface area contributed by atoms with Gasteiger partial charge in [0.25, 0.3) is 0 Å². The normalized spacial score (nSPS) is 27.5. The lowest BCUT2D eigenvalue weighted by Gasteiger charge is -2.35.